The van der Waals surface area contributed by atoms with Crippen molar-refractivity contribution in [2.75, 3.05) is 13.2 Å². The van der Waals surface area contributed by atoms with Gasteiger partial charge in [0.05, 0.1) is 17.6 Å². The first-order chi connectivity index (χ1) is 6.21. The van der Waals surface area contributed by atoms with E-state index in [1.807, 2.05) is 13.8 Å². The molecule has 0 saturated carbocycles. The van der Waals surface area contributed by atoms with Crippen LogP contribution in [0.15, 0.2) is 0 Å². The molecule has 0 aliphatic carbocycles. The van der Waals surface area contributed by atoms with E-state index >= 15 is 0 Å². The van der Waals surface area contributed by atoms with Gasteiger partial charge in [0.1, 0.15) is 0 Å². The summed E-state index contributed by atoms with van der Waals surface area (Å²) >= 11 is 0. The van der Waals surface area contributed by atoms with Gasteiger partial charge in [-0.05, 0) is 40.7 Å². The topological polar surface area (TPSA) is 72.5 Å². The van der Waals surface area contributed by atoms with E-state index in [-0.39, 0.29) is 12.2 Å². The zero-order valence-electron chi connectivity index (χ0n) is 9.46. The summed E-state index contributed by atoms with van der Waals surface area (Å²) in [5.74, 6) is -0.846. The highest BCUT2D eigenvalue weighted by Gasteiger charge is 2.30. The molecule has 0 bridgehead atoms. The van der Waals surface area contributed by atoms with E-state index in [9.17, 15) is 4.79 Å². The van der Waals surface area contributed by atoms with Crippen LogP contribution in [0.5, 0.6) is 0 Å². The molecular weight excluding hydrogens is 182 g/mol. The fraction of sp³-hybridized carbons (Fsp3) is 0.900. The number of rotatable bonds is 6. The van der Waals surface area contributed by atoms with Crippen LogP contribution < -0.4 is 5.73 Å². The average Bonchev–Trinajstić information content (AvgIpc) is 2.01. The molecule has 0 aromatic carbocycles. The average molecular weight is 203 g/mol. The molecule has 0 aromatic heterocycles. The number of ether oxygens (including phenoxy) is 1. The second kappa shape index (κ2) is 4.75. The minimum atomic E-state index is -0.846. The lowest BCUT2D eigenvalue weighted by Gasteiger charge is -2.29. The standard InChI is InChI=1S/C10H21NO3/c1-9(2,8(12)13)7-14-10(3,4)5-6-11/h5-7,11H2,1-4H3,(H,12,13). The minimum Gasteiger partial charge on any atom is -0.481 e. The molecule has 0 spiro atoms. The monoisotopic (exact) mass is 203 g/mol. The molecule has 0 saturated heterocycles. The lowest BCUT2D eigenvalue weighted by atomic mass is 9.94. The van der Waals surface area contributed by atoms with Crippen molar-refractivity contribution in [3.05, 3.63) is 0 Å². The molecule has 3 N–H and O–H groups in total. The van der Waals surface area contributed by atoms with Crippen molar-refractivity contribution in [2.45, 2.75) is 39.7 Å². The Morgan fingerprint density at radius 2 is 1.86 bits per heavy atom. The number of nitrogens with two attached hydrogens (primary N) is 1. The molecular formula is C10H21NO3. The summed E-state index contributed by atoms with van der Waals surface area (Å²) in [5, 5.41) is 8.86. The molecule has 0 radical (unpaired) electrons. The third-order valence-corrected chi connectivity index (χ3v) is 2.15. The molecule has 0 amide bonds. The lowest BCUT2D eigenvalue weighted by Crippen LogP contribution is -2.36. The number of carboxylic acids is 1. The highest BCUT2D eigenvalue weighted by Crippen LogP contribution is 2.21. The van der Waals surface area contributed by atoms with Crippen LogP contribution in [-0.2, 0) is 9.53 Å². The summed E-state index contributed by atoms with van der Waals surface area (Å²) in [6.45, 7) is 7.87. The second-order valence-electron chi connectivity index (χ2n) is 4.78. The van der Waals surface area contributed by atoms with Crippen LogP contribution in [0.25, 0.3) is 0 Å². The Hall–Kier alpha value is -0.610. The van der Waals surface area contributed by atoms with Crippen LogP contribution in [0.4, 0.5) is 0 Å². The van der Waals surface area contributed by atoms with E-state index in [2.05, 4.69) is 0 Å². The van der Waals surface area contributed by atoms with Crippen LogP contribution in [0.2, 0.25) is 0 Å². The van der Waals surface area contributed by atoms with Crippen molar-refractivity contribution >= 4 is 5.97 Å². The number of hydrogen-bond donors (Lipinski definition) is 2. The van der Waals surface area contributed by atoms with Gasteiger partial charge in [0.2, 0.25) is 0 Å². The Balaban J connectivity index is 4.10. The molecule has 14 heavy (non-hydrogen) atoms. The SMILES string of the molecule is CC(C)(CCN)OCC(C)(C)C(=O)O. The van der Waals surface area contributed by atoms with E-state index < -0.39 is 11.4 Å². The largest absolute Gasteiger partial charge is 0.481 e. The van der Waals surface area contributed by atoms with Crippen LogP contribution in [0.3, 0.4) is 0 Å². The quantitative estimate of drug-likeness (QED) is 0.681. The molecule has 0 fully saturated rings. The van der Waals surface area contributed by atoms with E-state index in [0.29, 0.717) is 6.54 Å². The van der Waals surface area contributed by atoms with Gasteiger partial charge < -0.3 is 15.6 Å². The molecule has 0 atom stereocenters. The molecule has 4 nitrogen and oxygen atoms in total. The van der Waals surface area contributed by atoms with E-state index in [1.165, 1.54) is 0 Å². The number of aliphatic carboxylic acids is 1. The van der Waals surface area contributed by atoms with E-state index in [4.69, 9.17) is 15.6 Å². The lowest BCUT2D eigenvalue weighted by molar-refractivity contribution is -0.154. The fourth-order valence-electron chi connectivity index (χ4n) is 0.857. The van der Waals surface area contributed by atoms with Gasteiger partial charge in [0.15, 0.2) is 0 Å². The molecule has 0 aromatic rings. The summed E-state index contributed by atoms with van der Waals surface area (Å²) in [6.07, 6.45) is 0.725. The first kappa shape index (κ1) is 13.4. The molecule has 0 unspecified atom stereocenters. The van der Waals surface area contributed by atoms with Crippen molar-refractivity contribution in [3.8, 4) is 0 Å². The number of hydrogen-bond acceptors (Lipinski definition) is 3. The molecule has 0 aliphatic rings. The maximum absolute atomic E-state index is 10.8. The van der Waals surface area contributed by atoms with E-state index in [1.54, 1.807) is 13.8 Å². The third kappa shape index (κ3) is 4.58. The highest BCUT2D eigenvalue weighted by atomic mass is 16.5. The zero-order valence-corrected chi connectivity index (χ0v) is 9.46. The fourth-order valence-corrected chi connectivity index (χ4v) is 0.857. The van der Waals surface area contributed by atoms with Gasteiger partial charge in [-0.2, -0.15) is 0 Å². The predicted molar refractivity (Wildman–Crippen MR) is 55.1 cm³/mol. The summed E-state index contributed by atoms with van der Waals surface area (Å²) in [4.78, 5) is 10.8. The summed E-state index contributed by atoms with van der Waals surface area (Å²) in [6, 6.07) is 0. The Labute approximate surface area is 85.4 Å². The van der Waals surface area contributed by atoms with Gasteiger partial charge in [0.25, 0.3) is 0 Å². The summed E-state index contributed by atoms with van der Waals surface area (Å²) in [7, 11) is 0. The van der Waals surface area contributed by atoms with Crippen LogP contribution in [-0.4, -0.2) is 29.8 Å². The first-order valence-corrected chi connectivity index (χ1v) is 4.79. The normalized spacial score (nSPS) is 12.9. The van der Waals surface area contributed by atoms with Gasteiger partial charge in [-0.1, -0.05) is 0 Å². The summed E-state index contributed by atoms with van der Waals surface area (Å²) < 4.78 is 5.54. The maximum atomic E-state index is 10.8. The van der Waals surface area contributed by atoms with Gasteiger partial charge >= 0.3 is 5.97 Å². The van der Waals surface area contributed by atoms with Crippen molar-refractivity contribution in [1.82, 2.24) is 0 Å². The molecule has 0 heterocycles. The zero-order chi connectivity index (χ0) is 11.4. The van der Waals surface area contributed by atoms with Crippen molar-refractivity contribution in [1.29, 1.82) is 0 Å². The first-order valence-electron chi connectivity index (χ1n) is 4.79. The van der Waals surface area contributed by atoms with E-state index in [0.717, 1.165) is 6.42 Å². The molecule has 0 aliphatic heterocycles. The predicted octanol–water partition coefficient (Wildman–Crippen LogP) is 1.24. The molecule has 4 heteroatoms. The Morgan fingerprint density at radius 3 is 2.21 bits per heavy atom. The Bertz CT molecular complexity index is 200. The van der Waals surface area contributed by atoms with Gasteiger partial charge in [-0.3, -0.25) is 4.79 Å². The van der Waals surface area contributed by atoms with Crippen molar-refractivity contribution in [2.24, 2.45) is 11.1 Å². The van der Waals surface area contributed by atoms with Gasteiger partial charge in [-0.25, -0.2) is 0 Å². The smallest absolute Gasteiger partial charge is 0.311 e. The third-order valence-electron chi connectivity index (χ3n) is 2.15. The maximum Gasteiger partial charge on any atom is 0.311 e. The van der Waals surface area contributed by atoms with Gasteiger partial charge in [0, 0.05) is 0 Å². The highest BCUT2D eigenvalue weighted by molar-refractivity contribution is 5.73. The van der Waals surface area contributed by atoms with Crippen LogP contribution >= 0.6 is 0 Å². The Kier molecular flexibility index (Phi) is 4.55. The Morgan fingerprint density at radius 1 is 1.36 bits per heavy atom. The van der Waals surface area contributed by atoms with Crippen molar-refractivity contribution < 1.29 is 14.6 Å². The molecule has 84 valence electrons. The number of carbonyl (C=O) groups is 1. The minimum absolute atomic E-state index is 0.204. The van der Waals surface area contributed by atoms with Crippen LogP contribution in [0, 0.1) is 5.41 Å². The van der Waals surface area contributed by atoms with Crippen LogP contribution in [0.1, 0.15) is 34.1 Å². The second-order valence-corrected chi connectivity index (χ2v) is 4.78. The number of carboxylic acid groups (broad SMARTS) is 1. The van der Waals surface area contributed by atoms with Crippen molar-refractivity contribution in [3.63, 3.8) is 0 Å². The molecule has 0 rings (SSSR count). The van der Waals surface area contributed by atoms with Gasteiger partial charge in [-0.15, -0.1) is 0 Å². The summed E-state index contributed by atoms with van der Waals surface area (Å²) in [5.41, 5.74) is 4.23.